The molecule has 2 saturated heterocycles. The van der Waals surface area contributed by atoms with Crippen molar-refractivity contribution < 1.29 is 13.2 Å². The average molecular weight is 414 g/mol. The van der Waals surface area contributed by atoms with Gasteiger partial charge in [-0.15, -0.1) is 0 Å². The molecule has 0 unspecified atom stereocenters. The molecule has 2 aliphatic rings. The molecule has 0 spiro atoms. The molecule has 2 aromatic rings. The summed E-state index contributed by atoms with van der Waals surface area (Å²) in [7, 11) is -3.48. The Hall–Kier alpha value is -2.38. The highest BCUT2D eigenvalue weighted by Gasteiger charge is 2.37. The van der Waals surface area contributed by atoms with Crippen molar-refractivity contribution in [3.05, 3.63) is 65.7 Å². The Morgan fingerprint density at radius 3 is 2.34 bits per heavy atom. The lowest BCUT2D eigenvalue weighted by Crippen LogP contribution is -2.47. The van der Waals surface area contributed by atoms with Crippen LogP contribution in [0.2, 0.25) is 0 Å². The lowest BCUT2D eigenvalue weighted by Gasteiger charge is -2.36. The summed E-state index contributed by atoms with van der Waals surface area (Å²) < 4.78 is 27.4. The lowest BCUT2D eigenvalue weighted by molar-refractivity contribution is 0.153. The average Bonchev–Trinajstić information content (AvgIpc) is 3.09. The van der Waals surface area contributed by atoms with Gasteiger partial charge < -0.3 is 9.80 Å². The van der Waals surface area contributed by atoms with E-state index in [4.69, 9.17) is 0 Å². The summed E-state index contributed by atoms with van der Waals surface area (Å²) in [6.45, 7) is 4.84. The van der Waals surface area contributed by atoms with Crippen molar-refractivity contribution in [2.45, 2.75) is 37.2 Å². The third-order valence-corrected chi connectivity index (χ3v) is 7.73. The van der Waals surface area contributed by atoms with Gasteiger partial charge in [0.15, 0.2) is 0 Å². The predicted octanol–water partition coefficient (Wildman–Crippen LogP) is 3.09. The van der Waals surface area contributed by atoms with Gasteiger partial charge in [0.05, 0.1) is 4.90 Å². The number of urea groups is 1. The van der Waals surface area contributed by atoms with Gasteiger partial charge in [-0.1, -0.05) is 42.5 Å². The summed E-state index contributed by atoms with van der Waals surface area (Å²) in [6.07, 6.45) is 1.35. The van der Waals surface area contributed by atoms with Crippen LogP contribution in [0.4, 0.5) is 4.79 Å². The molecule has 7 heteroatoms. The Morgan fingerprint density at radius 2 is 1.66 bits per heavy atom. The van der Waals surface area contributed by atoms with Crippen LogP contribution in [-0.4, -0.2) is 60.8 Å². The summed E-state index contributed by atoms with van der Waals surface area (Å²) in [5.41, 5.74) is 2.06. The number of sulfonamides is 1. The van der Waals surface area contributed by atoms with Crippen molar-refractivity contribution in [1.29, 1.82) is 0 Å². The number of carbonyl (C=O) groups is 1. The maximum absolute atomic E-state index is 12.9. The van der Waals surface area contributed by atoms with Crippen LogP contribution in [0.15, 0.2) is 59.5 Å². The fraction of sp³-hybridized carbons (Fsp3) is 0.409. The monoisotopic (exact) mass is 413 g/mol. The Labute approximate surface area is 172 Å². The molecule has 2 fully saturated rings. The van der Waals surface area contributed by atoms with Gasteiger partial charge in [-0.05, 0) is 43.0 Å². The van der Waals surface area contributed by atoms with Crippen molar-refractivity contribution in [2.75, 3.05) is 26.2 Å². The van der Waals surface area contributed by atoms with E-state index >= 15 is 0 Å². The fourth-order valence-electron chi connectivity index (χ4n) is 4.21. The summed E-state index contributed by atoms with van der Waals surface area (Å²) in [5.74, 6) is 0. The van der Waals surface area contributed by atoms with Crippen LogP contribution in [0, 0.1) is 6.92 Å². The molecule has 0 saturated carbocycles. The van der Waals surface area contributed by atoms with Crippen LogP contribution in [0.25, 0.3) is 0 Å². The molecule has 0 N–H and O–H groups in total. The molecule has 0 atom stereocenters. The van der Waals surface area contributed by atoms with E-state index < -0.39 is 10.0 Å². The molecule has 0 aliphatic carbocycles. The largest absolute Gasteiger partial charge is 0.320 e. The number of piperidine rings is 1. The summed E-state index contributed by atoms with van der Waals surface area (Å²) in [6, 6.07) is 17.2. The van der Waals surface area contributed by atoms with E-state index in [0.29, 0.717) is 43.9 Å². The highest BCUT2D eigenvalue weighted by atomic mass is 32.2. The fourth-order valence-corrected chi connectivity index (χ4v) is 5.78. The molecule has 2 aliphatic heterocycles. The van der Waals surface area contributed by atoms with Crippen molar-refractivity contribution >= 4 is 16.1 Å². The number of rotatable bonds is 5. The van der Waals surface area contributed by atoms with Gasteiger partial charge in [-0.2, -0.15) is 4.31 Å². The highest BCUT2D eigenvalue weighted by molar-refractivity contribution is 7.89. The van der Waals surface area contributed by atoms with Gasteiger partial charge in [0.25, 0.3) is 0 Å². The van der Waals surface area contributed by atoms with Crippen molar-refractivity contribution in [3.8, 4) is 0 Å². The van der Waals surface area contributed by atoms with E-state index in [2.05, 4.69) is 0 Å². The third-order valence-electron chi connectivity index (χ3n) is 5.83. The first-order chi connectivity index (χ1) is 13.9. The third kappa shape index (κ3) is 4.16. The number of aryl methyl sites for hydroxylation is 1. The normalized spacial score (nSPS) is 19.1. The number of hydrogen-bond donors (Lipinski definition) is 0. The number of benzene rings is 2. The van der Waals surface area contributed by atoms with Crippen LogP contribution >= 0.6 is 0 Å². The number of carbonyl (C=O) groups excluding carboxylic acids is 1. The Balaban J connectivity index is 1.37. The molecule has 6 nitrogen and oxygen atoms in total. The predicted molar refractivity (Wildman–Crippen MR) is 112 cm³/mol. The van der Waals surface area contributed by atoms with Crippen LogP contribution in [0.1, 0.15) is 24.0 Å². The zero-order valence-electron chi connectivity index (χ0n) is 16.7. The van der Waals surface area contributed by atoms with Crippen LogP contribution in [0.5, 0.6) is 0 Å². The molecule has 29 heavy (non-hydrogen) atoms. The molecule has 0 aromatic heterocycles. The van der Waals surface area contributed by atoms with Gasteiger partial charge in [-0.3, -0.25) is 0 Å². The van der Waals surface area contributed by atoms with E-state index in [1.807, 2.05) is 53.1 Å². The van der Waals surface area contributed by atoms with Gasteiger partial charge in [-0.25, -0.2) is 13.2 Å². The van der Waals surface area contributed by atoms with Crippen LogP contribution in [0.3, 0.4) is 0 Å². The highest BCUT2D eigenvalue weighted by Crippen LogP contribution is 2.26. The molecule has 0 bridgehead atoms. The second-order valence-corrected chi connectivity index (χ2v) is 9.77. The van der Waals surface area contributed by atoms with Crippen molar-refractivity contribution in [1.82, 2.24) is 14.1 Å². The maximum Gasteiger partial charge on any atom is 0.320 e. The zero-order chi connectivity index (χ0) is 20.4. The minimum absolute atomic E-state index is 0.0637. The minimum atomic E-state index is -3.48. The molecule has 2 heterocycles. The number of hydrogen-bond acceptors (Lipinski definition) is 3. The smallest absolute Gasteiger partial charge is 0.320 e. The molecule has 0 radical (unpaired) electrons. The zero-order valence-corrected chi connectivity index (χ0v) is 17.5. The maximum atomic E-state index is 12.9. The van der Waals surface area contributed by atoms with E-state index in [1.165, 1.54) is 0 Å². The summed E-state index contributed by atoms with van der Waals surface area (Å²) >= 11 is 0. The Kier molecular flexibility index (Phi) is 5.61. The second-order valence-electron chi connectivity index (χ2n) is 7.83. The quantitative estimate of drug-likeness (QED) is 0.757. The van der Waals surface area contributed by atoms with Gasteiger partial charge in [0.1, 0.15) is 0 Å². The van der Waals surface area contributed by atoms with Gasteiger partial charge >= 0.3 is 6.03 Å². The summed E-state index contributed by atoms with van der Waals surface area (Å²) in [4.78, 5) is 17.0. The van der Waals surface area contributed by atoms with E-state index in [0.717, 1.165) is 17.7 Å². The molecular formula is C22H27N3O3S. The Bertz CT molecular complexity index is 970. The van der Waals surface area contributed by atoms with Crippen molar-refractivity contribution in [2.24, 2.45) is 0 Å². The Morgan fingerprint density at radius 1 is 0.931 bits per heavy atom. The number of amides is 2. The first kappa shape index (κ1) is 19.9. The lowest BCUT2D eigenvalue weighted by atomic mass is 10.1. The first-order valence-electron chi connectivity index (χ1n) is 10.1. The standard InChI is InChI=1S/C22H27N3O3S/c1-18-6-5-9-21(16-18)29(27,28)24-12-10-20(11-13-24)25-15-14-23(22(25)26)17-19-7-3-2-4-8-19/h2-9,16,20H,10-15,17H2,1H3. The first-order valence-corrected chi connectivity index (χ1v) is 11.6. The summed E-state index contributed by atoms with van der Waals surface area (Å²) in [5, 5.41) is 0. The van der Waals surface area contributed by atoms with Crippen LogP contribution < -0.4 is 0 Å². The van der Waals surface area contributed by atoms with Gasteiger partial charge in [0, 0.05) is 38.8 Å². The van der Waals surface area contributed by atoms with Crippen LogP contribution in [-0.2, 0) is 16.6 Å². The SMILES string of the molecule is Cc1cccc(S(=O)(=O)N2CCC(N3CCN(Cc4ccccc4)C3=O)CC2)c1. The van der Waals surface area contributed by atoms with Gasteiger partial charge in [0.2, 0.25) is 10.0 Å². The number of nitrogens with zero attached hydrogens (tertiary/aromatic N) is 3. The van der Waals surface area contributed by atoms with Crippen molar-refractivity contribution in [3.63, 3.8) is 0 Å². The second kappa shape index (κ2) is 8.16. The molecule has 2 amide bonds. The van der Waals surface area contributed by atoms with E-state index in [9.17, 15) is 13.2 Å². The topological polar surface area (TPSA) is 60.9 Å². The molecule has 2 aromatic carbocycles. The van der Waals surface area contributed by atoms with E-state index in [1.54, 1.807) is 22.5 Å². The molecule has 4 rings (SSSR count). The molecular weight excluding hydrogens is 386 g/mol. The van der Waals surface area contributed by atoms with E-state index in [-0.39, 0.29) is 12.1 Å². The molecule has 154 valence electrons. The minimum Gasteiger partial charge on any atom is -0.320 e.